The van der Waals surface area contributed by atoms with E-state index in [-0.39, 0.29) is 20.0 Å². The van der Waals surface area contributed by atoms with Crippen molar-refractivity contribution in [2.24, 2.45) is 0 Å². The Labute approximate surface area is 169 Å². The minimum atomic E-state index is -5.06. The van der Waals surface area contributed by atoms with E-state index in [4.69, 9.17) is 11.6 Å². The third-order valence-corrected chi connectivity index (χ3v) is 5.47. The Morgan fingerprint density at radius 3 is 1.89 bits per heavy atom. The Bertz CT molecular complexity index is 882. The van der Waals surface area contributed by atoms with Gasteiger partial charge in [0.25, 0.3) is 5.91 Å². The maximum atomic E-state index is 12.9. The largest absolute Gasteiger partial charge is 0.506 e. The fraction of sp³-hybridized carbons (Fsp3) is 0.133. The molecule has 0 bridgehead atoms. The molecule has 12 heteroatoms. The number of carbonyl (C=O) groups is 1. The van der Waals surface area contributed by atoms with Gasteiger partial charge in [-0.2, -0.15) is 26.3 Å². The molecule has 0 aromatic heterocycles. The molecule has 0 saturated carbocycles. The van der Waals surface area contributed by atoms with Crippen LogP contribution in [0.15, 0.2) is 33.2 Å². The Balaban J connectivity index is 2.50. The molecular formula is C15H6Br2ClF6NO2. The molecular weight excluding hydrogens is 535 g/mol. The molecule has 0 spiro atoms. The summed E-state index contributed by atoms with van der Waals surface area (Å²) in [6.45, 7) is 0. The van der Waals surface area contributed by atoms with E-state index in [9.17, 15) is 36.2 Å². The Kier molecular flexibility index (Phi) is 6.08. The second-order valence-corrected chi connectivity index (χ2v) is 7.16. The zero-order valence-corrected chi connectivity index (χ0v) is 16.5. The summed E-state index contributed by atoms with van der Waals surface area (Å²) in [4.78, 5) is 12.3. The van der Waals surface area contributed by atoms with Crippen LogP contribution in [0.1, 0.15) is 21.5 Å². The molecule has 2 N–H and O–H groups in total. The van der Waals surface area contributed by atoms with Crippen LogP contribution in [-0.4, -0.2) is 11.0 Å². The molecule has 0 aliphatic heterocycles. The highest BCUT2D eigenvalue weighted by atomic mass is 79.9. The molecule has 0 atom stereocenters. The van der Waals surface area contributed by atoms with E-state index in [1.54, 1.807) is 0 Å². The normalized spacial score (nSPS) is 12.2. The third kappa shape index (κ3) is 4.88. The topological polar surface area (TPSA) is 49.3 Å². The van der Waals surface area contributed by atoms with Gasteiger partial charge < -0.3 is 10.4 Å². The molecule has 2 rings (SSSR count). The van der Waals surface area contributed by atoms with Crippen LogP contribution in [0.4, 0.5) is 32.0 Å². The first-order valence-electron chi connectivity index (χ1n) is 6.69. The van der Waals surface area contributed by atoms with E-state index >= 15 is 0 Å². The van der Waals surface area contributed by atoms with Crippen LogP contribution >= 0.6 is 43.5 Å². The van der Waals surface area contributed by atoms with E-state index in [0.29, 0.717) is 12.1 Å². The number of phenols is 1. The number of hydrogen-bond acceptors (Lipinski definition) is 2. The van der Waals surface area contributed by atoms with Crippen molar-refractivity contribution in [1.29, 1.82) is 0 Å². The minimum Gasteiger partial charge on any atom is -0.506 e. The van der Waals surface area contributed by atoms with Gasteiger partial charge in [-0.05, 0) is 56.1 Å². The summed E-state index contributed by atoms with van der Waals surface area (Å²) in [7, 11) is 0. The number of hydrogen-bond donors (Lipinski definition) is 2. The zero-order chi connectivity index (χ0) is 20.7. The van der Waals surface area contributed by atoms with Gasteiger partial charge >= 0.3 is 12.4 Å². The predicted molar refractivity (Wildman–Crippen MR) is 92.9 cm³/mol. The number of anilines is 1. The molecule has 2 aromatic carbocycles. The molecule has 0 unspecified atom stereocenters. The lowest BCUT2D eigenvalue weighted by atomic mass is 10.1. The van der Waals surface area contributed by atoms with Crippen LogP contribution in [0.2, 0.25) is 5.02 Å². The number of benzene rings is 2. The lowest BCUT2D eigenvalue weighted by Gasteiger charge is -2.15. The van der Waals surface area contributed by atoms with Gasteiger partial charge in [0.2, 0.25) is 0 Å². The van der Waals surface area contributed by atoms with Gasteiger partial charge in [0.05, 0.1) is 26.2 Å². The van der Waals surface area contributed by atoms with Crippen LogP contribution in [0, 0.1) is 0 Å². The molecule has 0 aliphatic rings. The standard InChI is InChI=1S/C15H6Br2ClF6NO2/c16-9-4-8(12(26)10(17)11(9)18)13(27)25-7-2-5(14(19,20)21)1-6(3-7)15(22,23)24/h1-4,26H,(H,25,27). The quantitative estimate of drug-likeness (QED) is 0.323. The monoisotopic (exact) mass is 539 g/mol. The van der Waals surface area contributed by atoms with Gasteiger partial charge in [0.15, 0.2) is 0 Å². The molecule has 0 fully saturated rings. The molecule has 0 heterocycles. The van der Waals surface area contributed by atoms with E-state index in [1.165, 1.54) is 0 Å². The van der Waals surface area contributed by atoms with E-state index < -0.39 is 46.4 Å². The summed E-state index contributed by atoms with van der Waals surface area (Å²) in [6.07, 6.45) is -10.1. The summed E-state index contributed by atoms with van der Waals surface area (Å²) < 4.78 is 77.3. The lowest BCUT2D eigenvalue weighted by Crippen LogP contribution is -2.16. The van der Waals surface area contributed by atoms with E-state index in [0.717, 1.165) is 6.07 Å². The SMILES string of the molecule is O=C(Nc1cc(C(F)(F)F)cc(C(F)(F)F)c1)c1cc(Br)c(Cl)c(Br)c1O. The first-order valence-corrected chi connectivity index (χ1v) is 8.65. The molecule has 3 nitrogen and oxygen atoms in total. The summed E-state index contributed by atoms with van der Waals surface area (Å²) >= 11 is 11.8. The van der Waals surface area contributed by atoms with Gasteiger partial charge in [-0.15, -0.1) is 0 Å². The second kappa shape index (κ2) is 7.51. The number of rotatable bonds is 2. The number of phenolic OH excluding ortho intramolecular Hbond substituents is 1. The smallest absolute Gasteiger partial charge is 0.416 e. The molecule has 1 amide bonds. The first kappa shape index (κ1) is 21.8. The van der Waals surface area contributed by atoms with Gasteiger partial charge in [0.1, 0.15) is 5.75 Å². The maximum Gasteiger partial charge on any atom is 0.416 e. The molecule has 0 radical (unpaired) electrons. The van der Waals surface area contributed by atoms with Gasteiger partial charge in [0, 0.05) is 10.2 Å². The van der Waals surface area contributed by atoms with Crippen molar-refractivity contribution in [3.63, 3.8) is 0 Å². The average Bonchev–Trinajstić information content (AvgIpc) is 2.54. The maximum absolute atomic E-state index is 12.9. The van der Waals surface area contributed by atoms with Crippen molar-refractivity contribution in [2.45, 2.75) is 12.4 Å². The first-order chi connectivity index (χ1) is 12.2. The number of aromatic hydroxyl groups is 1. The van der Waals surface area contributed by atoms with Gasteiger partial charge in [-0.1, -0.05) is 11.6 Å². The fourth-order valence-electron chi connectivity index (χ4n) is 1.98. The zero-order valence-electron chi connectivity index (χ0n) is 12.6. The third-order valence-electron chi connectivity index (χ3n) is 3.23. The summed E-state index contributed by atoms with van der Waals surface area (Å²) in [5.74, 6) is -1.78. The van der Waals surface area contributed by atoms with E-state index in [1.807, 2.05) is 5.32 Å². The van der Waals surface area contributed by atoms with Crippen LogP contribution in [0.3, 0.4) is 0 Å². The van der Waals surface area contributed by atoms with Crippen LogP contribution in [0.5, 0.6) is 5.75 Å². The number of halogens is 9. The molecule has 0 aliphatic carbocycles. The molecule has 146 valence electrons. The van der Waals surface area contributed by atoms with E-state index in [2.05, 4.69) is 31.9 Å². The van der Waals surface area contributed by atoms with Crippen molar-refractivity contribution < 1.29 is 36.2 Å². The van der Waals surface area contributed by atoms with Crippen molar-refractivity contribution in [2.75, 3.05) is 5.32 Å². The second-order valence-electron chi connectivity index (χ2n) is 5.13. The van der Waals surface area contributed by atoms with Gasteiger partial charge in [-0.25, -0.2) is 0 Å². The van der Waals surface area contributed by atoms with Crippen molar-refractivity contribution >= 4 is 55.1 Å². The molecule has 2 aromatic rings. The Hall–Kier alpha value is -1.46. The molecule has 27 heavy (non-hydrogen) atoms. The number of nitrogens with one attached hydrogen (secondary N) is 1. The van der Waals surface area contributed by atoms with Crippen LogP contribution in [0.25, 0.3) is 0 Å². The lowest BCUT2D eigenvalue weighted by molar-refractivity contribution is -0.143. The molecule has 0 saturated heterocycles. The number of alkyl halides is 6. The van der Waals surface area contributed by atoms with Crippen LogP contribution in [-0.2, 0) is 12.4 Å². The summed E-state index contributed by atoms with van der Waals surface area (Å²) in [5.41, 5.74) is -4.35. The highest BCUT2D eigenvalue weighted by Crippen LogP contribution is 2.41. The van der Waals surface area contributed by atoms with Crippen molar-refractivity contribution in [1.82, 2.24) is 0 Å². The highest BCUT2D eigenvalue weighted by molar-refractivity contribution is 9.11. The summed E-state index contributed by atoms with van der Waals surface area (Å²) in [5, 5.41) is 11.9. The predicted octanol–water partition coefficient (Wildman–Crippen LogP) is 6.86. The Morgan fingerprint density at radius 1 is 0.963 bits per heavy atom. The van der Waals surface area contributed by atoms with Gasteiger partial charge in [-0.3, -0.25) is 4.79 Å². The fourth-order valence-corrected chi connectivity index (χ4v) is 3.25. The van der Waals surface area contributed by atoms with Crippen molar-refractivity contribution in [3.8, 4) is 5.75 Å². The van der Waals surface area contributed by atoms with Crippen LogP contribution < -0.4 is 5.32 Å². The number of amides is 1. The highest BCUT2D eigenvalue weighted by Gasteiger charge is 2.37. The minimum absolute atomic E-state index is 0.0162. The average molecular weight is 541 g/mol. The Morgan fingerprint density at radius 2 is 1.44 bits per heavy atom. The summed E-state index contributed by atoms with van der Waals surface area (Å²) in [6, 6.07) is 1.70. The van der Waals surface area contributed by atoms with Crippen molar-refractivity contribution in [3.05, 3.63) is 54.9 Å². The number of carbonyl (C=O) groups excluding carboxylic acids is 1.